The van der Waals surface area contributed by atoms with Crippen LogP contribution in [0.3, 0.4) is 0 Å². The van der Waals surface area contributed by atoms with E-state index in [9.17, 15) is 16.8 Å². The molecule has 4 rings (SSSR count). The van der Waals surface area contributed by atoms with Crippen molar-refractivity contribution in [3.8, 4) is 11.5 Å². The molecule has 1 atom stereocenters. The Kier molecular flexibility index (Phi) is 9.79. The Morgan fingerprint density at radius 2 is 1.48 bits per heavy atom. The molecule has 0 saturated carbocycles. The lowest BCUT2D eigenvalue weighted by Gasteiger charge is -2.32. The number of ether oxygens (including phenoxy) is 2. The van der Waals surface area contributed by atoms with Crippen LogP contribution in [0, 0.1) is 0 Å². The minimum Gasteiger partial charge on any atom is -0.493 e. The van der Waals surface area contributed by atoms with Gasteiger partial charge in [0.1, 0.15) is 0 Å². The predicted molar refractivity (Wildman–Crippen MR) is 156 cm³/mol. The lowest BCUT2D eigenvalue weighted by atomic mass is 10.1. The minimum atomic E-state index is -3.97. The van der Waals surface area contributed by atoms with Crippen molar-refractivity contribution < 1.29 is 26.3 Å². The highest BCUT2D eigenvalue weighted by Crippen LogP contribution is 2.29. The monoisotopic (exact) mass is 606 g/mol. The number of hydrogen-bond donors (Lipinski definition) is 0. The SMILES string of the molecule is COc1ccc(CCN(Cc2ccc(Cl)cc2)S(=O)(=O)c2ccc(S(=O)(=O)N3CCCCC3C)cc2)cc1OC. The number of benzene rings is 3. The second-order valence-electron chi connectivity index (χ2n) is 9.84. The smallest absolute Gasteiger partial charge is 0.243 e. The third-order valence-corrected chi connectivity index (χ3v) is 11.3. The first kappa shape index (κ1) is 30.3. The van der Waals surface area contributed by atoms with Crippen LogP contribution in [0.25, 0.3) is 0 Å². The third-order valence-electron chi connectivity index (χ3n) is 7.18. The molecule has 1 aliphatic heterocycles. The Balaban J connectivity index is 1.61. The summed E-state index contributed by atoms with van der Waals surface area (Å²) in [5.74, 6) is 1.15. The first-order valence-electron chi connectivity index (χ1n) is 13.1. The second kappa shape index (κ2) is 12.9. The molecule has 8 nitrogen and oxygen atoms in total. The molecule has 0 bridgehead atoms. The summed E-state index contributed by atoms with van der Waals surface area (Å²) < 4.78 is 67.8. The quantitative estimate of drug-likeness (QED) is 0.292. The first-order valence-corrected chi connectivity index (χ1v) is 16.4. The molecule has 0 aromatic heterocycles. The first-order chi connectivity index (χ1) is 19.1. The average molecular weight is 607 g/mol. The van der Waals surface area contributed by atoms with Crippen molar-refractivity contribution in [2.45, 2.75) is 55.0 Å². The zero-order chi connectivity index (χ0) is 28.9. The molecule has 0 amide bonds. The highest BCUT2D eigenvalue weighted by molar-refractivity contribution is 7.89. The van der Waals surface area contributed by atoms with Crippen LogP contribution >= 0.6 is 11.6 Å². The standard InChI is InChI=1S/C29H35ClN2O6S2/c1-22-6-4-5-18-32(22)40(35,36)27-14-12-26(13-15-27)39(33,34)31(21-24-7-10-25(30)11-8-24)19-17-23-9-16-28(37-2)29(20-23)38-3/h7-16,20,22H,4-6,17-19,21H2,1-3H3. The van der Waals surface area contributed by atoms with Gasteiger partial charge in [-0.25, -0.2) is 16.8 Å². The zero-order valence-corrected chi connectivity index (χ0v) is 25.3. The highest BCUT2D eigenvalue weighted by atomic mass is 35.5. The highest BCUT2D eigenvalue weighted by Gasteiger charge is 2.32. The maximum atomic E-state index is 13.9. The third kappa shape index (κ3) is 6.80. The Morgan fingerprint density at radius 1 is 0.850 bits per heavy atom. The molecule has 40 heavy (non-hydrogen) atoms. The number of hydrogen-bond acceptors (Lipinski definition) is 6. The number of methoxy groups -OCH3 is 2. The molecule has 3 aromatic rings. The van der Waals surface area contributed by atoms with E-state index in [1.165, 1.54) is 32.9 Å². The lowest BCUT2D eigenvalue weighted by Crippen LogP contribution is -2.41. The predicted octanol–water partition coefficient (Wildman–Crippen LogP) is 5.35. The van der Waals surface area contributed by atoms with Crippen LogP contribution in [0.15, 0.2) is 76.5 Å². The molecule has 0 aliphatic carbocycles. The van der Waals surface area contributed by atoms with Gasteiger partial charge in [-0.15, -0.1) is 0 Å². The van der Waals surface area contributed by atoms with Crippen molar-refractivity contribution in [3.63, 3.8) is 0 Å². The summed E-state index contributed by atoms with van der Waals surface area (Å²) in [6, 6.07) is 17.9. The van der Waals surface area contributed by atoms with E-state index in [-0.39, 0.29) is 28.9 Å². The molecule has 1 saturated heterocycles. The number of rotatable bonds is 11. The maximum Gasteiger partial charge on any atom is 0.243 e. The Labute approximate surface area is 242 Å². The van der Waals surface area contributed by atoms with Gasteiger partial charge in [-0.3, -0.25) is 0 Å². The topological polar surface area (TPSA) is 93.2 Å². The van der Waals surface area contributed by atoms with E-state index in [4.69, 9.17) is 21.1 Å². The summed E-state index contributed by atoms with van der Waals surface area (Å²) in [5, 5.41) is 0.559. The van der Waals surface area contributed by atoms with Gasteiger partial charge in [0.25, 0.3) is 0 Å². The van der Waals surface area contributed by atoms with Gasteiger partial charge in [0, 0.05) is 30.7 Å². The molecular weight excluding hydrogens is 572 g/mol. The van der Waals surface area contributed by atoms with Crippen molar-refractivity contribution in [1.29, 1.82) is 0 Å². The van der Waals surface area contributed by atoms with E-state index in [2.05, 4.69) is 0 Å². The summed E-state index contributed by atoms with van der Waals surface area (Å²) in [7, 11) is -4.58. The van der Waals surface area contributed by atoms with Gasteiger partial charge in [-0.1, -0.05) is 36.2 Å². The van der Waals surface area contributed by atoms with Crippen LogP contribution < -0.4 is 9.47 Å². The van der Waals surface area contributed by atoms with Crippen molar-refractivity contribution in [2.24, 2.45) is 0 Å². The van der Waals surface area contributed by atoms with Gasteiger partial charge in [0.15, 0.2) is 11.5 Å². The van der Waals surface area contributed by atoms with Gasteiger partial charge in [-0.05, 0) is 85.8 Å². The number of piperidine rings is 1. The minimum absolute atomic E-state index is 0.0272. The molecule has 0 radical (unpaired) electrons. The second-order valence-corrected chi connectivity index (χ2v) is 14.1. The van der Waals surface area contributed by atoms with Gasteiger partial charge < -0.3 is 9.47 Å². The lowest BCUT2D eigenvalue weighted by molar-refractivity contribution is 0.268. The van der Waals surface area contributed by atoms with Crippen LogP contribution in [-0.4, -0.2) is 58.8 Å². The Morgan fingerprint density at radius 3 is 2.10 bits per heavy atom. The van der Waals surface area contributed by atoms with E-state index in [0.29, 0.717) is 29.5 Å². The van der Waals surface area contributed by atoms with Crippen LogP contribution in [0.2, 0.25) is 5.02 Å². The Hall–Kier alpha value is -2.63. The molecule has 11 heteroatoms. The van der Waals surface area contributed by atoms with E-state index in [1.807, 2.05) is 19.1 Å². The van der Waals surface area contributed by atoms with Gasteiger partial charge in [0.05, 0.1) is 24.0 Å². The fraction of sp³-hybridized carbons (Fsp3) is 0.379. The molecule has 216 valence electrons. The molecule has 3 aromatic carbocycles. The molecule has 0 N–H and O–H groups in total. The van der Waals surface area contributed by atoms with Crippen LogP contribution in [-0.2, 0) is 33.0 Å². The number of halogens is 1. The molecular formula is C29H35ClN2O6S2. The van der Waals surface area contributed by atoms with E-state index in [0.717, 1.165) is 30.4 Å². The number of sulfonamides is 2. The summed E-state index contributed by atoms with van der Waals surface area (Å²) in [6.07, 6.45) is 3.05. The number of nitrogens with zero attached hydrogens (tertiary/aromatic N) is 2. The van der Waals surface area contributed by atoms with Crippen molar-refractivity contribution in [2.75, 3.05) is 27.3 Å². The fourth-order valence-electron chi connectivity index (χ4n) is 4.86. The van der Waals surface area contributed by atoms with Crippen molar-refractivity contribution in [3.05, 3.63) is 82.9 Å². The summed E-state index contributed by atoms with van der Waals surface area (Å²) in [4.78, 5) is 0.120. The molecule has 1 heterocycles. The molecule has 1 fully saturated rings. The van der Waals surface area contributed by atoms with Crippen LogP contribution in [0.1, 0.15) is 37.3 Å². The summed E-state index contributed by atoms with van der Waals surface area (Å²) in [5.41, 5.74) is 1.66. The summed E-state index contributed by atoms with van der Waals surface area (Å²) >= 11 is 6.04. The molecule has 0 spiro atoms. The normalized spacial score (nSPS) is 16.7. The van der Waals surface area contributed by atoms with Gasteiger partial charge >= 0.3 is 0 Å². The maximum absolute atomic E-state index is 13.9. The van der Waals surface area contributed by atoms with Crippen molar-refractivity contribution >= 4 is 31.6 Å². The van der Waals surface area contributed by atoms with Crippen molar-refractivity contribution in [1.82, 2.24) is 8.61 Å². The molecule has 1 unspecified atom stereocenters. The van der Waals surface area contributed by atoms with E-state index >= 15 is 0 Å². The molecule has 1 aliphatic rings. The van der Waals surface area contributed by atoms with E-state index < -0.39 is 20.0 Å². The van der Waals surface area contributed by atoms with Crippen LogP contribution in [0.5, 0.6) is 11.5 Å². The average Bonchev–Trinajstić information content (AvgIpc) is 2.96. The largest absolute Gasteiger partial charge is 0.493 e. The Bertz CT molecular complexity index is 1510. The fourth-order valence-corrected chi connectivity index (χ4v) is 8.12. The van der Waals surface area contributed by atoms with Gasteiger partial charge in [0.2, 0.25) is 20.0 Å². The van der Waals surface area contributed by atoms with Crippen LogP contribution in [0.4, 0.5) is 0 Å². The van der Waals surface area contributed by atoms with E-state index in [1.54, 1.807) is 44.6 Å². The summed E-state index contributed by atoms with van der Waals surface area (Å²) in [6.45, 7) is 2.68. The zero-order valence-electron chi connectivity index (χ0n) is 22.9. The van der Waals surface area contributed by atoms with Gasteiger partial charge in [-0.2, -0.15) is 8.61 Å².